The molecular weight excluding hydrogens is 215 g/mol. The second kappa shape index (κ2) is 6.19. The highest BCUT2D eigenvalue weighted by atomic mass is 16.5. The first-order chi connectivity index (χ1) is 8.27. The third kappa shape index (κ3) is 3.56. The van der Waals surface area contributed by atoms with Gasteiger partial charge in [0.2, 0.25) is 0 Å². The van der Waals surface area contributed by atoms with Gasteiger partial charge >= 0.3 is 7.12 Å². The van der Waals surface area contributed by atoms with Gasteiger partial charge in [-0.2, -0.15) is 0 Å². The molecule has 1 aromatic carbocycles. The smallest absolute Gasteiger partial charge is 0.423 e. The van der Waals surface area contributed by atoms with E-state index in [-0.39, 0.29) is 0 Å². The Morgan fingerprint density at radius 2 is 1.82 bits per heavy atom. The summed E-state index contributed by atoms with van der Waals surface area (Å²) in [5, 5.41) is 18.5. The summed E-state index contributed by atoms with van der Waals surface area (Å²) in [6.45, 7) is 0.471. The van der Waals surface area contributed by atoms with E-state index in [2.05, 4.69) is 0 Å². The predicted molar refractivity (Wildman–Crippen MR) is 67.9 cm³/mol. The number of benzene rings is 1. The van der Waals surface area contributed by atoms with Gasteiger partial charge in [-0.3, -0.25) is 0 Å². The van der Waals surface area contributed by atoms with E-state index in [0.29, 0.717) is 18.2 Å². The molecule has 0 amide bonds. The Balaban J connectivity index is 1.93. The van der Waals surface area contributed by atoms with Crippen LogP contribution in [-0.4, -0.2) is 23.3 Å². The lowest BCUT2D eigenvalue weighted by Gasteiger charge is -2.22. The van der Waals surface area contributed by atoms with Gasteiger partial charge in [-0.25, -0.2) is 0 Å². The van der Waals surface area contributed by atoms with Crippen molar-refractivity contribution in [2.75, 3.05) is 0 Å². The van der Waals surface area contributed by atoms with Gasteiger partial charge < -0.3 is 14.8 Å². The van der Waals surface area contributed by atoms with Gasteiger partial charge in [-0.05, 0) is 23.9 Å². The molecule has 0 radical (unpaired) electrons. The van der Waals surface area contributed by atoms with Gasteiger partial charge in [0.15, 0.2) is 0 Å². The van der Waals surface area contributed by atoms with E-state index < -0.39 is 7.12 Å². The Kier molecular flexibility index (Phi) is 4.60. The van der Waals surface area contributed by atoms with Crippen LogP contribution in [0.4, 0.5) is 0 Å². The lowest BCUT2D eigenvalue weighted by atomic mass is 9.77. The van der Waals surface area contributed by atoms with Gasteiger partial charge in [0.1, 0.15) is 0 Å². The van der Waals surface area contributed by atoms with Crippen molar-refractivity contribution in [2.45, 2.75) is 44.8 Å². The van der Waals surface area contributed by atoms with Crippen LogP contribution in [0.1, 0.15) is 37.7 Å². The van der Waals surface area contributed by atoms with Gasteiger partial charge in [-0.15, -0.1) is 0 Å². The fourth-order valence-corrected chi connectivity index (χ4v) is 2.36. The molecule has 1 aliphatic rings. The van der Waals surface area contributed by atoms with Crippen LogP contribution >= 0.6 is 0 Å². The van der Waals surface area contributed by atoms with Crippen molar-refractivity contribution in [3.63, 3.8) is 0 Å². The first-order valence-electron chi connectivity index (χ1n) is 6.33. The summed E-state index contributed by atoms with van der Waals surface area (Å²) in [6, 6.07) is 7.31. The fourth-order valence-electron chi connectivity index (χ4n) is 2.36. The van der Waals surface area contributed by atoms with Gasteiger partial charge in [0, 0.05) is 0 Å². The molecule has 0 unspecified atom stereocenters. The molecule has 0 spiro atoms. The van der Waals surface area contributed by atoms with Crippen molar-refractivity contribution >= 4 is 12.6 Å². The number of ether oxygens (including phenoxy) is 1. The van der Waals surface area contributed by atoms with Crippen LogP contribution in [0.25, 0.3) is 0 Å². The normalized spacial score (nSPS) is 17.1. The lowest BCUT2D eigenvalue weighted by Crippen LogP contribution is -2.33. The quantitative estimate of drug-likeness (QED) is 0.770. The van der Waals surface area contributed by atoms with Crippen LogP contribution in [0.15, 0.2) is 24.3 Å². The lowest BCUT2D eigenvalue weighted by molar-refractivity contribution is 0.0171. The van der Waals surface area contributed by atoms with Crippen molar-refractivity contribution in [1.29, 1.82) is 0 Å². The second-order valence-corrected chi connectivity index (χ2v) is 4.64. The molecule has 1 saturated carbocycles. The predicted octanol–water partition coefficient (Wildman–Crippen LogP) is 1.22. The van der Waals surface area contributed by atoms with E-state index in [1.54, 1.807) is 12.1 Å². The average Bonchev–Trinajstić information content (AvgIpc) is 2.38. The largest absolute Gasteiger partial charge is 0.488 e. The highest BCUT2D eigenvalue weighted by molar-refractivity contribution is 6.59. The summed E-state index contributed by atoms with van der Waals surface area (Å²) in [4.78, 5) is 0. The Hall–Kier alpha value is -0.835. The Morgan fingerprint density at radius 1 is 1.12 bits per heavy atom. The van der Waals surface area contributed by atoms with Crippen molar-refractivity contribution in [2.24, 2.45) is 0 Å². The zero-order chi connectivity index (χ0) is 12.1. The zero-order valence-corrected chi connectivity index (χ0v) is 10.0. The fraction of sp³-hybridized carbons (Fsp3) is 0.538. The van der Waals surface area contributed by atoms with E-state index in [1.165, 1.54) is 19.3 Å². The summed E-state index contributed by atoms with van der Waals surface area (Å²) in [7, 11) is -1.42. The van der Waals surface area contributed by atoms with Crippen LogP contribution < -0.4 is 5.46 Å². The molecule has 0 atom stereocenters. The van der Waals surface area contributed by atoms with Crippen LogP contribution in [0, 0.1) is 0 Å². The summed E-state index contributed by atoms with van der Waals surface area (Å²) >= 11 is 0. The van der Waals surface area contributed by atoms with Gasteiger partial charge in [-0.1, -0.05) is 43.5 Å². The molecule has 0 heterocycles. The molecular formula is C13H19BO3. The molecule has 2 N–H and O–H groups in total. The number of hydrogen-bond acceptors (Lipinski definition) is 3. The van der Waals surface area contributed by atoms with E-state index in [1.807, 2.05) is 12.1 Å². The summed E-state index contributed by atoms with van der Waals surface area (Å²) in [6.07, 6.45) is 6.40. The standard InChI is InChI=1S/C13H19BO3/c15-14(16)13-9-5-4-6-11(13)10-17-12-7-2-1-3-8-12/h4-6,9,12,15-16H,1-3,7-8,10H2. The molecule has 1 fully saturated rings. The maximum absolute atomic E-state index is 9.24. The van der Waals surface area contributed by atoms with Gasteiger partial charge in [0.25, 0.3) is 0 Å². The topological polar surface area (TPSA) is 49.7 Å². The van der Waals surface area contributed by atoms with E-state index >= 15 is 0 Å². The van der Waals surface area contributed by atoms with Crippen LogP contribution in [0.2, 0.25) is 0 Å². The van der Waals surface area contributed by atoms with E-state index in [0.717, 1.165) is 18.4 Å². The third-order valence-electron chi connectivity index (χ3n) is 3.36. The molecule has 92 valence electrons. The second-order valence-electron chi connectivity index (χ2n) is 4.64. The number of hydrogen-bond donors (Lipinski definition) is 2. The molecule has 3 nitrogen and oxygen atoms in total. The molecule has 1 aromatic rings. The molecule has 17 heavy (non-hydrogen) atoms. The maximum atomic E-state index is 9.24. The Morgan fingerprint density at radius 3 is 2.53 bits per heavy atom. The molecule has 0 aromatic heterocycles. The average molecular weight is 234 g/mol. The molecule has 4 heteroatoms. The maximum Gasteiger partial charge on any atom is 0.488 e. The molecule has 0 bridgehead atoms. The number of rotatable bonds is 4. The molecule has 0 saturated heterocycles. The first-order valence-corrected chi connectivity index (χ1v) is 6.33. The zero-order valence-electron chi connectivity index (χ0n) is 10.0. The van der Waals surface area contributed by atoms with Crippen LogP contribution in [0.5, 0.6) is 0 Å². The van der Waals surface area contributed by atoms with Gasteiger partial charge in [0.05, 0.1) is 12.7 Å². The Labute approximate surface area is 103 Å². The van der Waals surface area contributed by atoms with Crippen molar-refractivity contribution in [1.82, 2.24) is 0 Å². The van der Waals surface area contributed by atoms with Crippen molar-refractivity contribution in [3.8, 4) is 0 Å². The van der Waals surface area contributed by atoms with E-state index in [9.17, 15) is 10.0 Å². The monoisotopic (exact) mass is 234 g/mol. The van der Waals surface area contributed by atoms with Crippen LogP contribution in [-0.2, 0) is 11.3 Å². The summed E-state index contributed by atoms with van der Waals surface area (Å²) in [5.74, 6) is 0. The highest BCUT2D eigenvalue weighted by Crippen LogP contribution is 2.21. The minimum Gasteiger partial charge on any atom is -0.423 e. The van der Waals surface area contributed by atoms with Crippen LogP contribution in [0.3, 0.4) is 0 Å². The minimum atomic E-state index is -1.42. The van der Waals surface area contributed by atoms with Crippen molar-refractivity contribution < 1.29 is 14.8 Å². The molecule has 0 aliphatic heterocycles. The van der Waals surface area contributed by atoms with E-state index in [4.69, 9.17) is 4.74 Å². The molecule has 2 rings (SSSR count). The Bertz CT molecular complexity index is 348. The minimum absolute atomic E-state index is 0.340. The summed E-state index contributed by atoms with van der Waals surface area (Å²) < 4.78 is 5.84. The summed E-state index contributed by atoms with van der Waals surface area (Å²) in [5.41, 5.74) is 1.41. The molecule has 1 aliphatic carbocycles. The third-order valence-corrected chi connectivity index (χ3v) is 3.36. The van der Waals surface area contributed by atoms with Crippen molar-refractivity contribution in [3.05, 3.63) is 29.8 Å². The SMILES string of the molecule is OB(O)c1ccccc1COC1CCCCC1. The highest BCUT2D eigenvalue weighted by Gasteiger charge is 2.17. The first kappa shape index (κ1) is 12.6.